The van der Waals surface area contributed by atoms with Crippen LogP contribution in [-0.4, -0.2) is 51.7 Å². The molecule has 0 rings (SSSR count). The molecule has 0 aromatic rings. The van der Waals surface area contributed by atoms with Crippen LogP contribution in [0, 0.1) is 5.41 Å². The molecule has 0 amide bonds. The Morgan fingerprint density at radius 1 is 1.40 bits per heavy atom. The zero-order chi connectivity index (χ0) is 11.9. The first-order valence-corrected chi connectivity index (χ1v) is 5.34. The van der Waals surface area contributed by atoms with Crippen molar-refractivity contribution in [3.8, 4) is 0 Å². The van der Waals surface area contributed by atoms with E-state index in [1.54, 1.807) is 0 Å². The lowest BCUT2D eigenvalue weighted by Gasteiger charge is -2.22. The van der Waals surface area contributed by atoms with E-state index in [2.05, 4.69) is 24.3 Å². The number of hydrogen-bond acceptors (Lipinski definition) is 4. The molecule has 0 aliphatic carbocycles. The molecule has 0 radical (unpaired) electrons. The molecular formula is C11H24N2O2. The molecule has 4 heteroatoms. The molecule has 0 saturated heterocycles. The Balaban J connectivity index is 3.62. The Labute approximate surface area is 93.0 Å². The zero-order valence-electron chi connectivity index (χ0n) is 10.6. The standard InChI is InChI=1S/C11H24N2O2/c1-11(2,10(14)15-5)9-12-7-6-8-13(3)4/h12H,6-9H2,1-5H3. The second-order valence-corrected chi connectivity index (χ2v) is 4.71. The normalized spacial score (nSPS) is 11.9. The molecule has 0 heterocycles. The summed E-state index contributed by atoms with van der Waals surface area (Å²) in [7, 11) is 5.53. The minimum absolute atomic E-state index is 0.164. The first kappa shape index (κ1) is 14.4. The van der Waals surface area contributed by atoms with Crippen LogP contribution >= 0.6 is 0 Å². The monoisotopic (exact) mass is 216 g/mol. The predicted molar refractivity (Wildman–Crippen MR) is 61.8 cm³/mol. The zero-order valence-corrected chi connectivity index (χ0v) is 10.6. The van der Waals surface area contributed by atoms with E-state index in [1.165, 1.54) is 7.11 Å². The van der Waals surface area contributed by atoms with Gasteiger partial charge in [-0.2, -0.15) is 0 Å². The fraction of sp³-hybridized carbons (Fsp3) is 0.909. The summed E-state index contributed by atoms with van der Waals surface area (Å²) in [5.74, 6) is -0.164. The maximum atomic E-state index is 11.3. The minimum Gasteiger partial charge on any atom is -0.469 e. The van der Waals surface area contributed by atoms with Crippen LogP contribution in [0.2, 0.25) is 0 Å². The second-order valence-electron chi connectivity index (χ2n) is 4.71. The van der Waals surface area contributed by atoms with Gasteiger partial charge in [-0.3, -0.25) is 4.79 Å². The summed E-state index contributed by atoms with van der Waals surface area (Å²) in [4.78, 5) is 13.5. The number of esters is 1. The first-order chi connectivity index (χ1) is 6.90. The van der Waals surface area contributed by atoms with Crippen LogP contribution < -0.4 is 5.32 Å². The van der Waals surface area contributed by atoms with Gasteiger partial charge in [-0.1, -0.05) is 0 Å². The lowest BCUT2D eigenvalue weighted by Crippen LogP contribution is -2.37. The molecule has 0 atom stereocenters. The van der Waals surface area contributed by atoms with Crippen molar-refractivity contribution >= 4 is 5.97 Å². The van der Waals surface area contributed by atoms with Crippen LogP contribution in [0.25, 0.3) is 0 Å². The highest BCUT2D eigenvalue weighted by Crippen LogP contribution is 2.14. The Kier molecular flexibility index (Phi) is 6.52. The van der Waals surface area contributed by atoms with Gasteiger partial charge in [0.1, 0.15) is 0 Å². The number of nitrogens with zero attached hydrogens (tertiary/aromatic N) is 1. The van der Waals surface area contributed by atoms with E-state index in [0.29, 0.717) is 6.54 Å². The van der Waals surface area contributed by atoms with Crippen molar-refractivity contribution in [2.45, 2.75) is 20.3 Å². The van der Waals surface area contributed by atoms with Crippen molar-refractivity contribution in [2.24, 2.45) is 5.41 Å². The Morgan fingerprint density at radius 3 is 2.47 bits per heavy atom. The highest BCUT2D eigenvalue weighted by molar-refractivity contribution is 5.75. The average Bonchev–Trinajstić information content (AvgIpc) is 2.15. The number of nitrogens with one attached hydrogen (secondary N) is 1. The van der Waals surface area contributed by atoms with Crippen LogP contribution in [-0.2, 0) is 9.53 Å². The third-order valence-corrected chi connectivity index (χ3v) is 2.26. The number of rotatable bonds is 7. The molecule has 0 aromatic carbocycles. The SMILES string of the molecule is COC(=O)C(C)(C)CNCCCN(C)C. The van der Waals surface area contributed by atoms with Crippen molar-refractivity contribution < 1.29 is 9.53 Å². The highest BCUT2D eigenvalue weighted by atomic mass is 16.5. The molecule has 0 spiro atoms. The van der Waals surface area contributed by atoms with E-state index >= 15 is 0 Å². The van der Waals surface area contributed by atoms with Gasteiger partial charge in [0.25, 0.3) is 0 Å². The summed E-state index contributed by atoms with van der Waals surface area (Å²) >= 11 is 0. The molecule has 0 bridgehead atoms. The third-order valence-electron chi connectivity index (χ3n) is 2.26. The summed E-state index contributed by atoms with van der Waals surface area (Å²) in [5.41, 5.74) is -0.438. The third kappa shape index (κ3) is 6.47. The maximum absolute atomic E-state index is 11.3. The van der Waals surface area contributed by atoms with Gasteiger partial charge in [0.05, 0.1) is 12.5 Å². The van der Waals surface area contributed by atoms with Crippen LogP contribution in [0.4, 0.5) is 0 Å². The molecule has 0 saturated carbocycles. The Morgan fingerprint density at radius 2 is 2.00 bits per heavy atom. The fourth-order valence-electron chi connectivity index (χ4n) is 1.27. The fourth-order valence-corrected chi connectivity index (χ4v) is 1.27. The summed E-state index contributed by atoms with van der Waals surface area (Å²) < 4.78 is 4.72. The smallest absolute Gasteiger partial charge is 0.312 e. The van der Waals surface area contributed by atoms with Gasteiger partial charge in [0.15, 0.2) is 0 Å². The van der Waals surface area contributed by atoms with E-state index in [-0.39, 0.29) is 5.97 Å². The van der Waals surface area contributed by atoms with E-state index in [0.717, 1.165) is 19.5 Å². The van der Waals surface area contributed by atoms with Crippen molar-refractivity contribution in [1.82, 2.24) is 10.2 Å². The number of carbonyl (C=O) groups excluding carboxylic acids is 1. The van der Waals surface area contributed by atoms with E-state index < -0.39 is 5.41 Å². The Hall–Kier alpha value is -0.610. The quantitative estimate of drug-likeness (QED) is 0.503. The van der Waals surface area contributed by atoms with Gasteiger partial charge in [0.2, 0.25) is 0 Å². The summed E-state index contributed by atoms with van der Waals surface area (Å²) in [6.07, 6.45) is 1.09. The number of carbonyl (C=O) groups is 1. The minimum atomic E-state index is -0.438. The van der Waals surface area contributed by atoms with Crippen molar-refractivity contribution in [3.63, 3.8) is 0 Å². The molecule has 0 aliphatic heterocycles. The molecule has 90 valence electrons. The van der Waals surface area contributed by atoms with Gasteiger partial charge in [0, 0.05) is 6.54 Å². The second kappa shape index (κ2) is 6.80. The topological polar surface area (TPSA) is 41.6 Å². The van der Waals surface area contributed by atoms with Crippen molar-refractivity contribution in [3.05, 3.63) is 0 Å². The molecular weight excluding hydrogens is 192 g/mol. The average molecular weight is 216 g/mol. The van der Waals surface area contributed by atoms with Crippen LogP contribution in [0.5, 0.6) is 0 Å². The van der Waals surface area contributed by atoms with Crippen LogP contribution in [0.1, 0.15) is 20.3 Å². The highest BCUT2D eigenvalue weighted by Gasteiger charge is 2.27. The Bertz CT molecular complexity index is 191. The van der Waals surface area contributed by atoms with Gasteiger partial charge < -0.3 is 15.0 Å². The number of methoxy groups -OCH3 is 1. The molecule has 0 aromatic heterocycles. The van der Waals surface area contributed by atoms with E-state index in [9.17, 15) is 4.79 Å². The van der Waals surface area contributed by atoms with Gasteiger partial charge in [-0.25, -0.2) is 0 Å². The van der Waals surface area contributed by atoms with E-state index in [1.807, 2.05) is 13.8 Å². The first-order valence-electron chi connectivity index (χ1n) is 5.34. The summed E-state index contributed by atoms with van der Waals surface area (Å²) in [6.45, 7) is 6.42. The predicted octanol–water partition coefficient (Wildman–Crippen LogP) is 0.727. The lowest BCUT2D eigenvalue weighted by atomic mass is 9.94. The maximum Gasteiger partial charge on any atom is 0.312 e. The van der Waals surface area contributed by atoms with Crippen molar-refractivity contribution in [2.75, 3.05) is 40.8 Å². The summed E-state index contributed by atoms with van der Waals surface area (Å²) in [6, 6.07) is 0. The molecule has 15 heavy (non-hydrogen) atoms. The largest absolute Gasteiger partial charge is 0.469 e. The van der Waals surface area contributed by atoms with Gasteiger partial charge >= 0.3 is 5.97 Å². The van der Waals surface area contributed by atoms with Gasteiger partial charge in [-0.15, -0.1) is 0 Å². The number of ether oxygens (including phenoxy) is 1. The van der Waals surface area contributed by atoms with E-state index in [4.69, 9.17) is 4.74 Å². The molecule has 1 N–H and O–H groups in total. The molecule has 0 unspecified atom stereocenters. The molecule has 4 nitrogen and oxygen atoms in total. The van der Waals surface area contributed by atoms with Gasteiger partial charge in [-0.05, 0) is 47.5 Å². The van der Waals surface area contributed by atoms with Crippen molar-refractivity contribution in [1.29, 1.82) is 0 Å². The molecule has 0 fully saturated rings. The van der Waals surface area contributed by atoms with Crippen LogP contribution in [0.15, 0.2) is 0 Å². The van der Waals surface area contributed by atoms with Crippen LogP contribution in [0.3, 0.4) is 0 Å². The lowest BCUT2D eigenvalue weighted by molar-refractivity contribution is -0.150. The molecule has 0 aliphatic rings. The summed E-state index contributed by atoms with van der Waals surface area (Å²) in [5, 5.41) is 3.27. The number of hydrogen-bond donors (Lipinski definition) is 1.